The summed E-state index contributed by atoms with van der Waals surface area (Å²) in [5.41, 5.74) is 7.53. The Morgan fingerprint density at radius 1 is 1.38 bits per heavy atom. The Balaban J connectivity index is 2.59. The number of hydrogen-bond donors (Lipinski definition) is 1. The van der Waals surface area contributed by atoms with E-state index in [-0.39, 0.29) is 0 Å². The predicted molar refractivity (Wildman–Crippen MR) is 66.7 cm³/mol. The van der Waals surface area contributed by atoms with Gasteiger partial charge in [-0.15, -0.1) is 6.58 Å². The Bertz CT molecular complexity index is 337. The molecule has 0 amide bonds. The first-order valence-electron chi connectivity index (χ1n) is 5.47. The largest absolute Gasteiger partial charge is 0.491 e. The van der Waals surface area contributed by atoms with Crippen molar-refractivity contribution in [3.8, 4) is 5.75 Å². The van der Waals surface area contributed by atoms with Crippen molar-refractivity contribution in [1.82, 2.24) is 0 Å². The zero-order valence-corrected chi connectivity index (χ0v) is 9.74. The van der Waals surface area contributed by atoms with Crippen molar-refractivity contribution in [2.45, 2.75) is 13.3 Å². The molecule has 1 rings (SSSR count). The molecule has 0 aliphatic rings. The molecule has 16 heavy (non-hydrogen) atoms. The Morgan fingerprint density at radius 2 is 2.19 bits per heavy atom. The monoisotopic (exact) mass is 221 g/mol. The standard InChI is InChI=1S/C13H19NO2/c1-3-5-11-10-12(14)6-7-13(11)16-9-8-15-4-2/h3,6-7,10H,1,4-5,8-9,14H2,2H3. The number of allylic oxidation sites excluding steroid dienone is 1. The molecule has 3 nitrogen and oxygen atoms in total. The summed E-state index contributed by atoms with van der Waals surface area (Å²) in [4.78, 5) is 0. The molecule has 0 aliphatic carbocycles. The third-order valence-electron chi connectivity index (χ3n) is 2.14. The van der Waals surface area contributed by atoms with Crippen molar-refractivity contribution in [2.75, 3.05) is 25.6 Å². The van der Waals surface area contributed by atoms with E-state index in [1.165, 1.54) is 0 Å². The van der Waals surface area contributed by atoms with Gasteiger partial charge in [-0.25, -0.2) is 0 Å². The second-order valence-electron chi connectivity index (χ2n) is 3.41. The van der Waals surface area contributed by atoms with Gasteiger partial charge in [0.15, 0.2) is 0 Å². The summed E-state index contributed by atoms with van der Waals surface area (Å²) < 4.78 is 10.8. The van der Waals surface area contributed by atoms with Crippen molar-refractivity contribution in [2.24, 2.45) is 0 Å². The summed E-state index contributed by atoms with van der Waals surface area (Å²) in [5.74, 6) is 0.855. The molecule has 0 bridgehead atoms. The maximum atomic E-state index is 5.72. The first-order chi connectivity index (χ1) is 7.77. The van der Waals surface area contributed by atoms with Crippen LogP contribution >= 0.6 is 0 Å². The van der Waals surface area contributed by atoms with E-state index >= 15 is 0 Å². The molecular weight excluding hydrogens is 202 g/mol. The maximum absolute atomic E-state index is 5.72. The van der Waals surface area contributed by atoms with Crippen LogP contribution in [-0.2, 0) is 11.2 Å². The molecule has 1 aromatic rings. The third kappa shape index (κ3) is 3.95. The lowest BCUT2D eigenvalue weighted by atomic mass is 10.1. The Kier molecular flexibility index (Phi) is 5.43. The number of ether oxygens (including phenoxy) is 2. The van der Waals surface area contributed by atoms with Crippen molar-refractivity contribution < 1.29 is 9.47 Å². The van der Waals surface area contributed by atoms with E-state index in [0.29, 0.717) is 19.8 Å². The van der Waals surface area contributed by atoms with Gasteiger partial charge in [-0.2, -0.15) is 0 Å². The van der Waals surface area contributed by atoms with Gasteiger partial charge >= 0.3 is 0 Å². The SMILES string of the molecule is C=CCc1cc(N)ccc1OCCOCC. The number of anilines is 1. The van der Waals surface area contributed by atoms with E-state index in [9.17, 15) is 0 Å². The highest BCUT2D eigenvalue weighted by molar-refractivity contribution is 5.48. The molecule has 0 unspecified atom stereocenters. The highest BCUT2D eigenvalue weighted by Gasteiger charge is 2.02. The molecule has 1 aromatic carbocycles. The Labute approximate surface area is 96.9 Å². The van der Waals surface area contributed by atoms with Crippen molar-refractivity contribution >= 4 is 5.69 Å². The van der Waals surface area contributed by atoms with Crippen LogP contribution < -0.4 is 10.5 Å². The number of benzene rings is 1. The van der Waals surface area contributed by atoms with Crippen molar-refractivity contribution in [3.63, 3.8) is 0 Å². The molecule has 0 radical (unpaired) electrons. The number of nitrogens with two attached hydrogens (primary N) is 1. The molecule has 0 aliphatic heterocycles. The first kappa shape index (κ1) is 12.6. The van der Waals surface area contributed by atoms with Gasteiger partial charge < -0.3 is 15.2 Å². The second-order valence-corrected chi connectivity index (χ2v) is 3.41. The van der Waals surface area contributed by atoms with Crippen LogP contribution in [0.5, 0.6) is 5.75 Å². The molecule has 0 spiro atoms. The number of rotatable bonds is 7. The quantitative estimate of drug-likeness (QED) is 0.437. The van der Waals surface area contributed by atoms with Crippen LogP contribution in [0.15, 0.2) is 30.9 Å². The zero-order chi connectivity index (χ0) is 11.8. The van der Waals surface area contributed by atoms with Gasteiger partial charge in [0.25, 0.3) is 0 Å². The molecule has 0 saturated heterocycles. The van der Waals surface area contributed by atoms with Crippen LogP contribution in [0, 0.1) is 0 Å². The summed E-state index contributed by atoms with van der Waals surface area (Å²) in [5, 5.41) is 0. The van der Waals surface area contributed by atoms with Crippen LogP contribution in [-0.4, -0.2) is 19.8 Å². The zero-order valence-electron chi connectivity index (χ0n) is 9.74. The average Bonchev–Trinajstić information content (AvgIpc) is 2.27. The van der Waals surface area contributed by atoms with Gasteiger partial charge in [0.1, 0.15) is 12.4 Å². The van der Waals surface area contributed by atoms with Gasteiger partial charge in [0.05, 0.1) is 6.61 Å². The summed E-state index contributed by atoms with van der Waals surface area (Å²) in [6.45, 7) is 7.56. The fraction of sp³-hybridized carbons (Fsp3) is 0.385. The van der Waals surface area contributed by atoms with Gasteiger partial charge in [-0.3, -0.25) is 0 Å². The second kappa shape index (κ2) is 6.90. The summed E-state index contributed by atoms with van der Waals surface area (Å²) in [6, 6.07) is 5.64. The Hall–Kier alpha value is -1.48. The Morgan fingerprint density at radius 3 is 2.88 bits per heavy atom. The molecule has 0 saturated carbocycles. The van der Waals surface area contributed by atoms with Crippen molar-refractivity contribution in [1.29, 1.82) is 0 Å². The lowest BCUT2D eigenvalue weighted by Crippen LogP contribution is -2.07. The molecule has 0 fully saturated rings. The van der Waals surface area contributed by atoms with E-state index < -0.39 is 0 Å². The van der Waals surface area contributed by atoms with Gasteiger partial charge in [0.2, 0.25) is 0 Å². The fourth-order valence-corrected chi connectivity index (χ4v) is 1.41. The minimum Gasteiger partial charge on any atom is -0.491 e. The van der Waals surface area contributed by atoms with Crippen LogP contribution in [0.3, 0.4) is 0 Å². The van der Waals surface area contributed by atoms with Gasteiger partial charge in [-0.1, -0.05) is 6.08 Å². The van der Waals surface area contributed by atoms with Crippen LogP contribution in [0.1, 0.15) is 12.5 Å². The lowest BCUT2D eigenvalue weighted by Gasteiger charge is -2.11. The van der Waals surface area contributed by atoms with Crippen LogP contribution in [0.2, 0.25) is 0 Å². The van der Waals surface area contributed by atoms with E-state index in [2.05, 4.69) is 6.58 Å². The molecule has 3 heteroatoms. The first-order valence-corrected chi connectivity index (χ1v) is 5.47. The predicted octanol–water partition coefficient (Wildman–Crippen LogP) is 2.41. The minimum atomic E-state index is 0.557. The highest BCUT2D eigenvalue weighted by Crippen LogP contribution is 2.22. The van der Waals surface area contributed by atoms with Crippen molar-refractivity contribution in [3.05, 3.63) is 36.4 Å². The normalized spacial score (nSPS) is 10.1. The van der Waals surface area contributed by atoms with E-state index in [1.54, 1.807) is 0 Å². The lowest BCUT2D eigenvalue weighted by molar-refractivity contribution is 0.110. The van der Waals surface area contributed by atoms with Crippen LogP contribution in [0.25, 0.3) is 0 Å². The molecule has 88 valence electrons. The summed E-state index contributed by atoms with van der Waals surface area (Å²) in [7, 11) is 0. The number of nitrogen functional groups attached to an aromatic ring is 1. The molecule has 2 N–H and O–H groups in total. The molecule has 0 aromatic heterocycles. The molecule has 0 atom stereocenters. The fourth-order valence-electron chi connectivity index (χ4n) is 1.41. The van der Waals surface area contributed by atoms with Gasteiger partial charge in [0, 0.05) is 12.3 Å². The van der Waals surface area contributed by atoms with E-state index in [1.807, 2.05) is 31.2 Å². The highest BCUT2D eigenvalue weighted by atomic mass is 16.5. The minimum absolute atomic E-state index is 0.557. The summed E-state index contributed by atoms with van der Waals surface area (Å²) in [6.07, 6.45) is 2.60. The summed E-state index contributed by atoms with van der Waals surface area (Å²) >= 11 is 0. The average molecular weight is 221 g/mol. The topological polar surface area (TPSA) is 44.5 Å². The van der Waals surface area contributed by atoms with E-state index in [4.69, 9.17) is 15.2 Å². The smallest absolute Gasteiger partial charge is 0.123 e. The maximum Gasteiger partial charge on any atom is 0.123 e. The number of hydrogen-bond acceptors (Lipinski definition) is 3. The molecule has 0 heterocycles. The third-order valence-corrected chi connectivity index (χ3v) is 2.14. The van der Waals surface area contributed by atoms with Crippen LogP contribution in [0.4, 0.5) is 5.69 Å². The van der Waals surface area contributed by atoms with E-state index in [0.717, 1.165) is 23.4 Å². The van der Waals surface area contributed by atoms with Gasteiger partial charge in [-0.05, 0) is 37.1 Å². The molecular formula is C13H19NO2.